The van der Waals surface area contributed by atoms with E-state index in [9.17, 15) is 9.59 Å². The zero-order chi connectivity index (χ0) is 18.4. The van der Waals surface area contributed by atoms with E-state index in [-0.39, 0.29) is 6.61 Å². The number of carbonyl (C=O) groups is 2. The molecule has 1 N–H and O–H groups in total. The normalized spacial score (nSPS) is 10.7. The summed E-state index contributed by atoms with van der Waals surface area (Å²) in [5, 5.41) is 3.54. The van der Waals surface area contributed by atoms with Crippen LogP contribution in [0.4, 0.5) is 5.69 Å². The van der Waals surface area contributed by atoms with Gasteiger partial charge in [0, 0.05) is 11.8 Å². The lowest BCUT2D eigenvalue weighted by Gasteiger charge is -2.09. The number of anilines is 1. The number of benzene rings is 2. The molecule has 25 heavy (non-hydrogen) atoms. The number of aryl methyl sites for hydroxylation is 2. The molecular weight excluding hydrogens is 361 g/mol. The third kappa shape index (κ3) is 5.93. The summed E-state index contributed by atoms with van der Waals surface area (Å²) in [6.07, 6.45) is 2.76. The highest BCUT2D eigenvalue weighted by Crippen LogP contribution is 2.23. The van der Waals surface area contributed by atoms with E-state index in [1.54, 1.807) is 18.2 Å². The maximum atomic E-state index is 11.9. The standard InChI is InChI=1S/C19H17Cl2NO3/c1-12-3-7-17(13(2)9-12)22-18(23)11-25-19(24)8-5-14-4-6-15(20)16(21)10-14/h3-10H,11H2,1-2H3,(H,22,23)/b8-5+. The molecule has 0 aromatic heterocycles. The minimum atomic E-state index is -0.623. The summed E-state index contributed by atoms with van der Waals surface area (Å²) in [6, 6.07) is 10.6. The number of hydrogen-bond donors (Lipinski definition) is 1. The van der Waals surface area contributed by atoms with Crippen LogP contribution in [0.15, 0.2) is 42.5 Å². The Hall–Kier alpha value is -2.30. The quantitative estimate of drug-likeness (QED) is 0.600. The van der Waals surface area contributed by atoms with Crippen molar-refractivity contribution in [1.29, 1.82) is 0 Å². The topological polar surface area (TPSA) is 55.4 Å². The maximum Gasteiger partial charge on any atom is 0.331 e. The lowest BCUT2D eigenvalue weighted by molar-refractivity contribution is -0.142. The van der Waals surface area contributed by atoms with Gasteiger partial charge in [-0.15, -0.1) is 0 Å². The van der Waals surface area contributed by atoms with Crippen molar-refractivity contribution >= 4 is 46.8 Å². The number of ether oxygens (including phenoxy) is 1. The zero-order valence-electron chi connectivity index (χ0n) is 13.8. The molecule has 2 aromatic carbocycles. The van der Waals surface area contributed by atoms with Gasteiger partial charge in [-0.3, -0.25) is 4.79 Å². The van der Waals surface area contributed by atoms with Gasteiger partial charge in [-0.2, -0.15) is 0 Å². The Morgan fingerprint density at radius 2 is 1.84 bits per heavy atom. The van der Waals surface area contributed by atoms with Gasteiger partial charge >= 0.3 is 5.97 Å². The van der Waals surface area contributed by atoms with Gasteiger partial charge in [0.1, 0.15) is 0 Å². The number of esters is 1. The summed E-state index contributed by atoms with van der Waals surface area (Å²) in [4.78, 5) is 23.6. The summed E-state index contributed by atoms with van der Waals surface area (Å²) in [5.41, 5.74) is 3.44. The van der Waals surface area contributed by atoms with E-state index in [1.165, 1.54) is 12.2 Å². The molecule has 0 unspecified atom stereocenters. The molecule has 2 rings (SSSR count). The van der Waals surface area contributed by atoms with Crippen LogP contribution in [0.2, 0.25) is 10.0 Å². The molecule has 0 bridgehead atoms. The third-order valence-electron chi connectivity index (χ3n) is 3.36. The molecule has 1 amide bonds. The molecule has 130 valence electrons. The lowest BCUT2D eigenvalue weighted by Crippen LogP contribution is -2.20. The van der Waals surface area contributed by atoms with E-state index in [4.69, 9.17) is 27.9 Å². The van der Waals surface area contributed by atoms with E-state index in [1.807, 2.05) is 32.0 Å². The molecule has 0 atom stereocenters. The summed E-state index contributed by atoms with van der Waals surface area (Å²) in [7, 11) is 0. The Balaban J connectivity index is 1.85. The minimum Gasteiger partial charge on any atom is -0.452 e. The van der Waals surface area contributed by atoms with Crippen LogP contribution >= 0.6 is 23.2 Å². The fraction of sp³-hybridized carbons (Fsp3) is 0.158. The lowest BCUT2D eigenvalue weighted by atomic mass is 10.1. The van der Waals surface area contributed by atoms with Crippen molar-refractivity contribution in [3.8, 4) is 0 Å². The van der Waals surface area contributed by atoms with Crippen molar-refractivity contribution < 1.29 is 14.3 Å². The third-order valence-corrected chi connectivity index (χ3v) is 4.10. The van der Waals surface area contributed by atoms with Crippen LogP contribution in [0.1, 0.15) is 16.7 Å². The number of hydrogen-bond acceptors (Lipinski definition) is 3. The van der Waals surface area contributed by atoms with Crippen molar-refractivity contribution in [1.82, 2.24) is 0 Å². The molecular formula is C19H17Cl2NO3. The molecule has 2 aromatic rings. The van der Waals surface area contributed by atoms with Gasteiger partial charge in [0.2, 0.25) is 0 Å². The Morgan fingerprint density at radius 1 is 1.08 bits per heavy atom. The van der Waals surface area contributed by atoms with E-state index >= 15 is 0 Å². The maximum absolute atomic E-state index is 11.9. The van der Waals surface area contributed by atoms with E-state index in [0.29, 0.717) is 21.3 Å². The van der Waals surface area contributed by atoms with Crippen molar-refractivity contribution in [2.45, 2.75) is 13.8 Å². The molecule has 0 spiro atoms. The Kier molecular flexibility index (Phi) is 6.62. The second kappa shape index (κ2) is 8.70. The first kappa shape index (κ1) is 19.0. The number of carbonyl (C=O) groups excluding carboxylic acids is 2. The Labute approximate surface area is 156 Å². The predicted octanol–water partition coefficient (Wildman–Crippen LogP) is 4.81. The van der Waals surface area contributed by atoms with Crippen LogP contribution in [0.5, 0.6) is 0 Å². The molecule has 0 fully saturated rings. The molecule has 0 saturated carbocycles. The number of amides is 1. The summed E-state index contributed by atoms with van der Waals surface area (Å²) in [5.74, 6) is -1.02. The van der Waals surface area contributed by atoms with Crippen molar-refractivity contribution in [3.05, 3.63) is 69.2 Å². The molecule has 4 nitrogen and oxygen atoms in total. The molecule has 0 aliphatic heterocycles. The van der Waals surface area contributed by atoms with E-state index in [0.717, 1.165) is 11.1 Å². The molecule has 0 aliphatic carbocycles. The average molecular weight is 378 g/mol. The molecule has 0 radical (unpaired) electrons. The van der Waals surface area contributed by atoms with Crippen LogP contribution in [0.25, 0.3) is 6.08 Å². The largest absolute Gasteiger partial charge is 0.452 e. The fourth-order valence-electron chi connectivity index (χ4n) is 2.11. The van der Waals surface area contributed by atoms with Gasteiger partial charge in [-0.25, -0.2) is 4.79 Å². The van der Waals surface area contributed by atoms with Crippen molar-refractivity contribution in [3.63, 3.8) is 0 Å². The summed E-state index contributed by atoms with van der Waals surface area (Å²) >= 11 is 11.7. The van der Waals surface area contributed by atoms with Crippen LogP contribution in [-0.4, -0.2) is 18.5 Å². The zero-order valence-corrected chi connectivity index (χ0v) is 15.3. The second-order valence-corrected chi connectivity index (χ2v) is 6.30. The molecule has 0 heterocycles. The van der Waals surface area contributed by atoms with Crippen LogP contribution in [0, 0.1) is 13.8 Å². The highest BCUT2D eigenvalue weighted by molar-refractivity contribution is 6.42. The monoisotopic (exact) mass is 377 g/mol. The van der Waals surface area contributed by atoms with Crippen LogP contribution in [0.3, 0.4) is 0 Å². The second-order valence-electron chi connectivity index (χ2n) is 5.48. The smallest absolute Gasteiger partial charge is 0.331 e. The number of halogens is 2. The highest BCUT2D eigenvalue weighted by atomic mass is 35.5. The molecule has 6 heteroatoms. The summed E-state index contributed by atoms with van der Waals surface area (Å²) in [6.45, 7) is 3.51. The highest BCUT2D eigenvalue weighted by Gasteiger charge is 2.07. The van der Waals surface area contributed by atoms with Crippen LogP contribution < -0.4 is 5.32 Å². The Morgan fingerprint density at radius 3 is 2.52 bits per heavy atom. The number of nitrogens with one attached hydrogen (secondary N) is 1. The average Bonchev–Trinajstić information content (AvgIpc) is 2.56. The van der Waals surface area contributed by atoms with Crippen molar-refractivity contribution in [2.75, 3.05) is 11.9 Å². The van der Waals surface area contributed by atoms with E-state index in [2.05, 4.69) is 5.32 Å². The fourth-order valence-corrected chi connectivity index (χ4v) is 2.41. The van der Waals surface area contributed by atoms with Gasteiger partial charge in [-0.05, 0) is 49.2 Å². The minimum absolute atomic E-state index is 0.363. The van der Waals surface area contributed by atoms with Gasteiger partial charge < -0.3 is 10.1 Å². The first-order valence-corrected chi connectivity index (χ1v) is 8.28. The van der Waals surface area contributed by atoms with Gasteiger partial charge in [0.15, 0.2) is 6.61 Å². The van der Waals surface area contributed by atoms with E-state index < -0.39 is 11.9 Å². The van der Waals surface area contributed by atoms with Gasteiger partial charge in [-0.1, -0.05) is 47.0 Å². The van der Waals surface area contributed by atoms with Gasteiger partial charge in [0.05, 0.1) is 10.0 Å². The van der Waals surface area contributed by atoms with Crippen LogP contribution in [-0.2, 0) is 14.3 Å². The Bertz CT molecular complexity index is 831. The summed E-state index contributed by atoms with van der Waals surface area (Å²) < 4.78 is 4.92. The molecule has 0 saturated heterocycles. The molecule has 0 aliphatic rings. The first-order chi connectivity index (χ1) is 11.8. The number of rotatable bonds is 5. The van der Waals surface area contributed by atoms with Crippen molar-refractivity contribution in [2.24, 2.45) is 0 Å². The van der Waals surface area contributed by atoms with Gasteiger partial charge in [0.25, 0.3) is 5.91 Å². The predicted molar refractivity (Wildman–Crippen MR) is 101 cm³/mol. The SMILES string of the molecule is Cc1ccc(NC(=O)COC(=O)/C=C/c2ccc(Cl)c(Cl)c2)c(C)c1. The first-order valence-electron chi connectivity index (χ1n) is 7.52.